The van der Waals surface area contributed by atoms with Crippen molar-refractivity contribution >= 4 is 0 Å². The molecule has 0 spiro atoms. The summed E-state index contributed by atoms with van der Waals surface area (Å²) in [7, 11) is 0. The highest BCUT2D eigenvalue weighted by molar-refractivity contribution is 5.11. The van der Waals surface area contributed by atoms with Crippen LogP contribution in [0.25, 0.3) is 0 Å². The van der Waals surface area contributed by atoms with Gasteiger partial charge >= 0.3 is 0 Å². The lowest BCUT2D eigenvalue weighted by atomic mass is 9.92. The lowest BCUT2D eigenvalue weighted by Crippen LogP contribution is -2.36. The van der Waals surface area contributed by atoms with Crippen molar-refractivity contribution in [2.45, 2.75) is 70.9 Å². The van der Waals surface area contributed by atoms with Crippen LogP contribution >= 0.6 is 0 Å². The summed E-state index contributed by atoms with van der Waals surface area (Å²) < 4.78 is 1.78. The van der Waals surface area contributed by atoms with Crippen LogP contribution in [0.4, 0.5) is 0 Å². The van der Waals surface area contributed by atoms with E-state index in [-0.39, 0.29) is 11.0 Å². The van der Waals surface area contributed by atoms with E-state index in [4.69, 9.17) is 0 Å². The zero-order valence-corrected chi connectivity index (χ0v) is 17.3. The molecule has 0 N–H and O–H groups in total. The maximum absolute atomic E-state index is 12.4. The molecule has 2 aliphatic rings. The highest BCUT2D eigenvalue weighted by atomic mass is 16.1. The average Bonchev–Trinajstić information content (AvgIpc) is 3.50. The molecule has 1 aliphatic heterocycles. The molecule has 0 aromatic carbocycles. The van der Waals surface area contributed by atoms with Gasteiger partial charge in [-0.2, -0.15) is 0 Å². The van der Waals surface area contributed by atoms with E-state index < -0.39 is 0 Å². The van der Waals surface area contributed by atoms with Gasteiger partial charge in [-0.05, 0) is 44.7 Å². The Morgan fingerprint density at radius 2 is 1.71 bits per heavy atom. The molecular weight excluding hydrogens is 350 g/mol. The largest absolute Gasteiger partial charge is 0.299 e. The van der Waals surface area contributed by atoms with Gasteiger partial charge < -0.3 is 0 Å². The third-order valence-corrected chi connectivity index (χ3v) is 5.88. The van der Waals surface area contributed by atoms with Crippen LogP contribution in [0.1, 0.15) is 69.5 Å². The number of hydrogen-bond donors (Lipinski definition) is 0. The van der Waals surface area contributed by atoms with Gasteiger partial charge in [0.2, 0.25) is 0 Å². The van der Waals surface area contributed by atoms with Crippen molar-refractivity contribution in [1.82, 2.24) is 24.4 Å². The Morgan fingerprint density at radius 1 is 1.04 bits per heavy atom. The first-order valence-electron chi connectivity index (χ1n) is 10.5. The molecule has 0 atom stereocenters. The minimum atomic E-state index is -0.0931. The molecule has 0 amide bonds. The van der Waals surface area contributed by atoms with Crippen molar-refractivity contribution in [3.63, 3.8) is 0 Å². The molecule has 0 bridgehead atoms. The molecule has 1 saturated heterocycles. The first-order chi connectivity index (χ1) is 13.4. The van der Waals surface area contributed by atoms with Crippen molar-refractivity contribution in [2.24, 2.45) is 5.92 Å². The quantitative estimate of drug-likeness (QED) is 0.796. The number of hydrogen-bond acceptors (Lipinski definition) is 5. The van der Waals surface area contributed by atoms with E-state index in [0.29, 0.717) is 11.8 Å². The predicted octanol–water partition coefficient (Wildman–Crippen LogP) is 3.12. The Balaban J connectivity index is 1.29. The van der Waals surface area contributed by atoms with E-state index in [9.17, 15) is 4.79 Å². The normalized spacial score (nSPS) is 19.1. The molecule has 1 aliphatic carbocycles. The predicted molar refractivity (Wildman–Crippen MR) is 109 cm³/mol. The van der Waals surface area contributed by atoms with E-state index in [1.165, 1.54) is 18.4 Å². The van der Waals surface area contributed by atoms with Gasteiger partial charge in [0.15, 0.2) is 0 Å². The number of likely N-dealkylation sites (tertiary alicyclic amines) is 1. The Labute approximate surface area is 167 Å². The number of nitrogens with zero attached hydrogens (tertiary/aromatic N) is 5. The van der Waals surface area contributed by atoms with Crippen molar-refractivity contribution in [2.75, 3.05) is 13.1 Å². The fourth-order valence-electron chi connectivity index (χ4n) is 3.84. The summed E-state index contributed by atoms with van der Waals surface area (Å²) in [6.45, 7) is 10.0. The molecule has 2 fully saturated rings. The van der Waals surface area contributed by atoms with Gasteiger partial charge in [-0.15, -0.1) is 0 Å². The smallest absolute Gasteiger partial charge is 0.253 e. The molecule has 1 saturated carbocycles. The molecule has 150 valence electrons. The molecule has 3 heterocycles. The topological polar surface area (TPSA) is 63.9 Å². The summed E-state index contributed by atoms with van der Waals surface area (Å²) in [5, 5.41) is 0. The fraction of sp³-hybridized carbons (Fsp3) is 0.636. The van der Waals surface area contributed by atoms with Crippen molar-refractivity contribution in [1.29, 1.82) is 0 Å². The zero-order valence-electron chi connectivity index (χ0n) is 17.3. The van der Waals surface area contributed by atoms with Gasteiger partial charge in [0.05, 0.1) is 12.0 Å². The van der Waals surface area contributed by atoms with E-state index in [1.807, 2.05) is 12.4 Å². The summed E-state index contributed by atoms with van der Waals surface area (Å²) in [5.74, 6) is 2.16. The second-order valence-electron chi connectivity index (χ2n) is 9.46. The maximum atomic E-state index is 12.4. The zero-order chi connectivity index (χ0) is 19.7. The monoisotopic (exact) mass is 381 g/mol. The molecule has 28 heavy (non-hydrogen) atoms. The summed E-state index contributed by atoms with van der Waals surface area (Å²) in [4.78, 5) is 28.5. The number of piperidine rings is 1. The van der Waals surface area contributed by atoms with Gasteiger partial charge in [-0.3, -0.25) is 14.3 Å². The van der Waals surface area contributed by atoms with Crippen LogP contribution in [-0.4, -0.2) is 37.5 Å². The molecule has 0 unspecified atom stereocenters. The lowest BCUT2D eigenvalue weighted by Gasteiger charge is -2.32. The van der Waals surface area contributed by atoms with Crippen molar-refractivity contribution in [3.8, 4) is 0 Å². The van der Waals surface area contributed by atoms with Gasteiger partial charge in [0, 0.05) is 48.4 Å². The molecule has 0 radical (unpaired) electrons. The first kappa shape index (κ1) is 19.2. The second-order valence-corrected chi connectivity index (χ2v) is 9.46. The van der Waals surface area contributed by atoms with Crippen LogP contribution in [0, 0.1) is 5.92 Å². The SMILES string of the molecule is CC(C)(C)c1cc(=O)n(CC2CCN(Cc3cnc(C4CC4)nc3)CC2)cn1. The Morgan fingerprint density at radius 3 is 2.29 bits per heavy atom. The standard InChI is InChI=1S/C22H31N5O/c1-22(2,3)19-10-20(28)27(15-25-19)14-16-6-8-26(9-7-16)13-17-11-23-21(24-12-17)18-4-5-18/h10-12,15-16,18H,4-9,13-14H2,1-3H3. The minimum absolute atomic E-state index is 0.0651. The van der Waals surface area contributed by atoms with Crippen LogP contribution in [-0.2, 0) is 18.5 Å². The van der Waals surface area contributed by atoms with Gasteiger partial charge in [-0.25, -0.2) is 15.0 Å². The van der Waals surface area contributed by atoms with Crippen molar-refractivity contribution < 1.29 is 0 Å². The Bertz CT molecular complexity index is 856. The van der Waals surface area contributed by atoms with Gasteiger partial charge in [0.25, 0.3) is 5.56 Å². The molecule has 6 nitrogen and oxygen atoms in total. The van der Waals surface area contributed by atoms with Gasteiger partial charge in [0.1, 0.15) is 5.82 Å². The third-order valence-electron chi connectivity index (χ3n) is 5.88. The minimum Gasteiger partial charge on any atom is -0.299 e. The van der Waals surface area contributed by atoms with E-state index in [1.54, 1.807) is 17.0 Å². The van der Waals surface area contributed by atoms with Crippen LogP contribution in [0.5, 0.6) is 0 Å². The fourth-order valence-corrected chi connectivity index (χ4v) is 3.84. The summed E-state index contributed by atoms with van der Waals surface area (Å²) in [5.41, 5.74) is 2.03. The molecule has 4 rings (SSSR count). The maximum Gasteiger partial charge on any atom is 0.253 e. The lowest BCUT2D eigenvalue weighted by molar-refractivity contribution is 0.166. The number of aromatic nitrogens is 4. The average molecular weight is 382 g/mol. The molecule has 2 aromatic heterocycles. The third kappa shape index (κ3) is 4.66. The van der Waals surface area contributed by atoms with Crippen LogP contribution in [0.15, 0.2) is 29.6 Å². The van der Waals surface area contributed by atoms with Crippen LogP contribution in [0.3, 0.4) is 0 Å². The van der Waals surface area contributed by atoms with E-state index in [0.717, 1.165) is 50.5 Å². The Hall–Kier alpha value is -2.08. The summed E-state index contributed by atoms with van der Waals surface area (Å²) in [6, 6.07) is 1.69. The van der Waals surface area contributed by atoms with E-state index >= 15 is 0 Å². The highest BCUT2D eigenvalue weighted by Crippen LogP contribution is 2.37. The second kappa shape index (κ2) is 7.74. The highest BCUT2D eigenvalue weighted by Gasteiger charge is 2.26. The molecular formula is C22H31N5O. The van der Waals surface area contributed by atoms with Crippen molar-refractivity contribution in [3.05, 3.63) is 52.2 Å². The number of rotatable bonds is 5. The molecule has 6 heteroatoms. The Kier molecular flexibility index (Phi) is 5.32. The molecule has 2 aromatic rings. The van der Waals surface area contributed by atoms with Gasteiger partial charge in [-0.1, -0.05) is 20.8 Å². The first-order valence-corrected chi connectivity index (χ1v) is 10.5. The van der Waals surface area contributed by atoms with Crippen LogP contribution < -0.4 is 5.56 Å². The summed E-state index contributed by atoms with van der Waals surface area (Å²) >= 11 is 0. The van der Waals surface area contributed by atoms with Crippen LogP contribution in [0.2, 0.25) is 0 Å². The summed E-state index contributed by atoms with van der Waals surface area (Å²) in [6.07, 6.45) is 10.4. The van der Waals surface area contributed by atoms with E-state index in [2.05, 4.69) is 40.6 Å².